The molecule has 1 unspecified atom stereocenters. The van der Waals surface area contributed by atoms with Crippen LogP contribution in [0.25, 0.3) is 5.65 Å². The number of halogens is 1. The van der Waals surface area contributed by atoms with E-state index in [0.717, 1.165) is 35.7 Å². The third-order valence-corrected chi connectivity index (χ3v) is 8.64. The second kappa shape index (κ2) is 11.9. The normalized spacial score (nSPS) is 19.6. The molecular formula is C31H36ClN7O3. The van der Waals surface area contributed by atoms with Crippen LogP contribution in [0.4, 0.5) is 17.3 Å². The standard InChI is InChI=1S/C31H36ClN7O3/c1-36-17-18-38(20-22(19-36)21-40)29(41)23-4-10-26(11-5-23)33-30-34-28-27(3-2-14-39(28)35-30)37-15-12-31(42,13-16-37)24-6-8-25(32)9-7-24/h2-11,14,22,40,42H,12-13,15-21H2,1H3,(H,33,35). The maximum Gasteiger partial charge on any atom is 0.253 e. The van der Waals surface area contributed by atoms with Gasteiger partial charge in [-0.25, -0.2) is 4.52 Å². The van der Waals surface area contributed by atoms with Crippen molar-refractivity contribution < 1.29 is 15.0 Å². The number of aliphatic hydroxyl groups is 2. The zero-order valence-electron chi connectivity index (χ0n) is 23.7. The Hall–Kier alpha value is -3.70. The van der Waals surface area contributed by atoms with Crippen molar-refractivity contribution in [2.75, 3.05) is 63.1 Å². The van der Waals surface area contributed by atoms with Gasteiger partial charge in [0.25, 0.3) is 5.91 Å². The predicted octanol–water partition coefficient (Wildman–Crippen LogP) is 3.61. The van der Waals surface area contributed by atoms with Crippen molar-refractivity contribution in [3.63, 3.8) is 0 Å². The van der Waals surface area contributed by atoms with Gasteiger partial charge in [0.2, 0.25) is 5.95 Å². The SMILES string of the molecule is CN1CCN(C(=O)c2ccc(Nc3nc4c(N5CCC(O)(c6ccc(Cl)cc6)CC5)cccn4n3)cc2)CC(CO)C1. The zero-order valence-corrected chi connectivity index (χ0v) is 24.4. The molecule has 0 bridgehead atoms. The number of pyridine rings is 1. The number of nitrogens with zero attached hydrogens (tertiary/aromatic N) is 6. The summed E-state index contributed by atoms with van der Waals surface area (Å²) in [7, 11) is 2.02. The van der Waals surface area contributed by atoms with Gasteiger partial charge in [-0.15, -0.1) is 5.10 Å². The van der Waals surface area contributed by atoms with Crippen molar-refractivity contribution >= 4 is 40.5 Å². The minimum atomic E-state index is -0.885. The molecule has 1 atom stereocenters. The molecule has 11 heteroatoms. The zero-order chi connectivity index (χ0) is 29.3. The maximum absolute atomic E-state index is 13.2. The lowest BCUT2D eigenvalue weighted by Crippen LogP contribution is -2.42. The molecule has 0 radical (unpaired) electrons. The Bertz CT molecular complexity index is 1530. The topological polar surface area (TPSA) is 109 Å². The van der Waals surface area contributed by atoms with Crippen molar-refractivity contribution in [1.82, 2.24) is 24.4 Å². The van der Waals surface area contributed by atoms with E-state index in [1.807, 2.05) is 78.8 Å². The third-order valence-electron chi connectivity index (χ3n) is 8.39. The van der Waals surface area contributed by atoms with Crippen LogP contribution in [-0.2, 0) is 5.60 Å². The van der Waals surface area contributed by atoms with Crippen molar-refractivity contribution in [3.8, 4) is 0 Å². The van der Waals surface area contributed by atoms with Crippen molar-refractivity contribution in [2.24, 2.45) is 5.92 Å². The number of rotatable bonds is 6. The summed E-state index contributed by atoms with van der Waals surface area (Å²) in [6.45, 7) is 4.16. The number of aliphatic hydroxyl groups excluding tert-OH is 1. The second-order valence-electron chi connectivity index (χ2n) is 11.4. The van der Waals surface area contributed by atoms with Crippen LogP contribution in [0.15, 0.2) is 66.9 Å². The molecule has 2 aromatic carbocycles. The Kier molecular flexibility index (Phi) is 8.04. The maximum atomic E-state index is 13.2. The number of hydrogen-bond donors (Lipinski definition) is 3. The van der Waals surface area contributed by atoms with Crippen LogP contribution >= 0.6 is 11.6 Å². The molecule has 10 nitrogen and oxygen atoms in total. The molecule has 42 heavy (non-hydrogen) atoms. The van der Waals surface area contributed by atoms with E-state index >= 15 is 0 Å². The Balaban J connectivity index is 1.13. The molecule has 2 saturated heterocycles. The molecule has 2 aromatic heterocycles. The minimum absolute atomic E-state index is 0.0321. The summed E-state index contributed by atoms with van der Waals surface area (Å²) in [5, 5.41) is 29.5. The molecule has 2 fully saturated rings. The number of fused-ring (bicyclic) bond motifs is 1. The van der Waals surface area contributed by atoms with Crippen LogP contribution < -0.4 is 10.2 Å². The average molecular weight is 590 g/mol. The summed E-state index contributed by atoms with van der Waals surface area (Å²) < 4.78 is 1.75. The van der Waals surface area contributed by atoms with Crippen molar-refractivity contribution in [1.29, 1.82) is 0 Å². The summed E-state index contributed by atoms with van der Waals surface area (Å²) in [5.74, 6) is 0.473. The highest BCUT2D eigenvalue weighted by Crippen LogP contribution is 2.36. The van der Waals surface area contributed by atoms with Crippen LogP contribution in [0.3, 0.4) is 0 Å². The van der Waals surface area contributed by atoms with Gasteiger partial charge in [-0.1, -0.05) is 23.7 Å². The van der Waals surface area contributed by atoms with Crippen molar-refractivity contribution in [3.05, 3.63) is 83.0 Å². The fourth-order valence-corrected chi connectivity index (χ4v) is 6.08. The van der Waals surface area contributed by atoms with Gasteiger partial charge in [0, 0.05) is 74.3 Å². The smallest absolute Gasteiger partial charge is 0.253 e. The second-order valence-corrected chi connectivity index (χ2v) is 11.8. The van der Waals surface area contributed by atoms with E-state index in [2.05, 4.69) is 20.2 Å². The van der Waals surface area contributed by atoms with Gasteiger partial charge < -0.3 is 30.2 Å². The fourth-order valence-electron chi connectivity index (χ4n) is 5.95. The molecule has 2 aliphatic heterocycles. The van der Waals surface area contributed by atoms with Gasteiger partial charge in [0.15, 0.2) is 5.65 Å². The molecule has 4 aromatic rings. The highest BCUT2D eigenvalue weighted by molar-refractivity contribution is 6.30. The number of nitrogens with one attached hydrogen (secondary N) is 1. The van der Waals surface area contributed by atoms with Crippen LogP contribution in [-0.4, -0.2) is 93.4 Å². The number of aromatic nitrogens is 3. The lowest BCUT2D eigenvalue weighted by atomic mass is 9.84. The monoisotopic (exact) mass is 589 g/mol. The van der Waals surface area contributed by atoms with E-state index in [-0.39, 0.29) is 18.4 Å². The van der Waals surface area contributed by atoms with E-state index < -0.39 is 5.60 Å². The van der Waals surface area contributed by atoms with Crippen LogP contribution in [0.2, 0.25) is 5.02 Å². The van der Waals surface area contributed by atoms with E-state index in [0.29, 0.717) is 55.6 Å². The summed E-state index contributed by atoms with van der Waals surface area (Å²) in [5.41, 5.74) is 3.08. The van der Waals surface area contributed by atoms with Gasteiger partial charge >= 0.3 is 0 Å². The average Bonchev–Trinajstić information content (AvgIpc) is 3.31. The van der Waals surface area contributed by atoms with Gasteiger partial charge in [-0.3, -0.25) is 4.79 Å². The van der Waals surface area contributed by atoms with Crippen LogP contribution in [0.1, 0.15) is 28.8 Å². The summed E-state index contributed by atoms with van der Waals surface area (Å²) in [4.78, 5) is 24.2. The molecule has 4 heterocycles. The van der Waals surface area contributed by atoms with Crippen LogP contribution in [0, 0.1) is 5.92 Å². The van der Waals surface area contributed by atoms with Crippen molar-refractivity contribution in [2.45, 2.75) is 18.4 Å². The number of anilines is 3. The predicted molar refractivity (Wildman–Crippen MR) is 163 cm³/mol. The quantitative estimate of drug-likeness (QED) is 0.313. The third kappa shape index (κ3) is 5.94. The van der Waals surface area contributed by atoms with E-state index in [1.165, 1.54) is 0 Å². The molecule has 6 rings (SSSR count). The number of likely N-dealkylation sites (N-methyl/N-ethyl adjacent to an activating group) is 1. The summed E-state index contributed by atoms with van der Waals surface area (Å²) in [6, 6.07) is 18.8. The van der Waals surface area contributed by atoms with Gasteiger partial charge in [0.05, 0.1) is 11.3 Å². The first-order valence-corrected chi connectivity index (χ1v) is 14.7. The van der Waals surface area contributed by atoms with Gasteiger partial charge in [0.1, 0.15) is 0 Å². The summed E-state index contributed by atoms with van der Waals surface area (Å²) >= 11 is 6.04. The Morgan fingerprint density at radius 1 is 1.02 bits per heavy atom. The molecule has 220 valence electrons. The Morgan fingerprint density at radius 3 is 2.48 bits per heavy atom. The molecule has 0 saturated carbocycles. The molecule has 0 spiro atoms. The number of carbonyl (C=O) groups excluding carboxylic acids is 1. The van der Waals surface area contributed by atoms with E-state index in [1.54, 1.807) is 4.52 Å². The lowest BCUT2D eigenvalue weighted by molar-refractivity contribution is 0.0118. The molecule has 1 amide bonds. The molecule has 0 aliphatic carbocycles. The molecular weight excluding hydrogens is 554 g/mol. The first kappa shape index (κ1) is 28.4. The molecule has 3 N–H and O–H groups in total. The number of amides is 1. The highest BCUT2D eigenvalue weighted by atomic mass is 35.5. The van der Waals surface area contributed by atoms with Crippen LogP contribution in [0.5, 0.6) is 0 Å². The number of benzene rings is 2. The first-order valence-electron chi connectivity index (χ1n) is 14.4. The first-order chi connectivity index (χ1) is 20.3. The Morgan fingerprint density at radius 2 is 1.76 bits per heavy atom. The fraction of sp³-hybridized carbons (Fsp3) is 0.387. The molecule has 2 aliphatic rings. The summed E-state index contributed by atoms with van der Waals surface area (Å²) in [6.07, 6.45) is 3.05. The Labute approximate surface area is 250 Å². The number of piperidine rings is 1. The minimum Gasteiger partial charge on any atom is -0.396 e. The number of hydrogen-bond acceptors (Lipinski definition) is 8. The lowest BCUT2D eigenvalue weighted by Gasteiger charge is -2.39. The van der Waals surface area contributed by atoms with Gasteiger partial charge in [-0.2, -0.15) is 4.98 Å². The van der Waals surface area contributed by atoms with E-state index in [9.17, 15) is 15.0 Å². The van der Waals surface area contributed by atoms with Gasteiger partial charge in [-0.05, 0) is 74.0 Å². The van der Waals surface area contributed by atoms with E-state index in [4.69, 9.17) is 16.6 Å². The highest BCUT2D eigenvalue weighted by Gasteiger charge is 2.34. The largest absolute Gasteiger partial charge is 0.396 e. The number of carbonyl (C=O) groups is 1.